The van der Waals surface area contributed by atoms with Crippen LogP contribution < -0.4 is 5.56 Å². The fourth-order valence-electron chi connectivity index (χ4n) is 5.64. The molecule has 0 saturated heterocycles. The summed E-state index contributed by atoms with van der Waals surface area (Å²) in [5.41, 5.74) is 5.35. The van der Waals surface area contributed by atoms with Crippen LogP contribution in [0.1, 0.15) is 92.5 Å². The van der Waals surface area contributed by atoms with Gasteiger partial charge in [0.05, 0.1) is 12.1 Å². The van der Waals surface area contributed by atoms with Gasteiger partial charge in [-0.3, -0.25) is 9.69 Å². The van der Waals surface area contributed by atoms with Crippen molar-refractivity contribution >= 4 is 10.9 Å². The molecule has 0 aliphatic heterocycles. The van der Waals surface area contributed by atoms with Crippen LogP contribution in [0.5, 0.6) is 0 Å². The van der Waals surface area contributed by atoms with Crippen LogP contribution in [0.4, 0.5) is 0 Å². The molecule has 1 N–H and O–H groups in total. The molecule has 1 fully saturated rings. The van der Waals surface area contributed by atoms with Gasteiger partial charge in [0.25, 0.3) is 5.56 Å². The first kappa shape index (κ1) is 25.3. The Kier molecular flexibility index (Phi) is 7.79. The monoisotopic (exact) mass is 498 g/mol. The first-order chi connectivity index (χ1) is 18.1. The van der Waals surface area contributed by atoms with Gasteiger partial charge in [-0.15, -0.1) is 5.10 Å². The third-order valence-corrected chi connectivity index (χ3v) is 7.76. The smallest absolute Gasteiger partial charge is 0.252 e. The van der Waals surface area contributed by atoms with Crippen molar-refractivity contribution in [2.45, 2.75) is 90.9 Å². The van der Waals surface area contributed by atoms with E-state index in [1.165, 1.54) is 29.5 Å². The highest BCUT2D eigenvalue weighted by Crippen LogP contribution is 2.34. The molecule has 1 aliphatic carbocycles. The standard InChI is InChI=1S/C30H38N6O/c1-4-8-28(29-32-33-34-36(29)26-9-6-7-10-26)35(19-23-13-11-21(3)12-14-23)20-25-18-24-17-22(5-2)15-16-27(24)31-30(25)37/h11-18,26,28H,4-10,19-20H2,1-3H3,(H,31,37). The number of hydrogen-bond donors (Lipinski definition) is 1. The minimum Gasteiger partial charge on any atom is -0.322 e. The molecule has 0 spiro atoms. The van der Waals surface area contributed by atoms with Gasteiger partial charge in [0.15, 0.2) is 5.82 Å². The molecular weight excluding hydrogens is 460 g/mol. The average Bonchev–Trinajstić information content (AvgIpc) is 3.60. The molecule has 1 unspecified atom stereocenters. The predicted molar refractivity (Wildman–Crippen MR) is 147 cm³/mol. The van der Waals surface area contributed by atoms with Crippen LogP contribution in [0.3, 0.4) is 0 Å². The highest BCUT2D eigenvalue weighted by atomic mass is 16.1. The average molecular weight is 499 g/mol. The van der Waals surface area contributed by atoms with E-state index in [-0.39, 0.29) is 11.6 Å². The van der Waals surface area contributed by atoms with E-state index in [9.17, 15) is 4.79 Å². The van der Waals surface area contributed by atoms with E-state index in [4.69, 9.17) is 0 Å². The Bertz CT molecular complexity index is 1380. The lowest BCUT2D eigenvalue weighted by molar-refractivity contribution is 0.153. The van der Waals surface area contributed by atoms with Crippen LogP contribution in [0.25, 0.3) is 10.9 Å². The SMILES string of the molecule is CCCC(c1nnnn1C1CCCC1)N(Cc1ccc(C)cc1)Cc1cc2cc(CC)ccc2[nH]c1=O. The summed E-state index contributed by atoms with van der Waals surface area (Å²) in [4.78, 5) is 18.8. The molecule has 4 aromatic rings. The van der Waals surface area contributed by atoms with Gasteiger partial charge < -0.3 is 4.98 Å². The number of H-pyrrole nitrogens is 1. The maximum atomic E-state index is 13.2. The van der Waals surface area contributed by atoms with Crippen molar-refractivity contribution in [1.29, 1.82) is 0 Å². The third-order valence-electron chi connectivity index (χ3n) is 7.76. The summed E-state index contributed by atoms with van der Waals surface area (Å²) >= 11 is 0. The molecule has 7 heteroatoms. The molecular formula is C30H38N6O. The van der Waals surface area contributed by atoms with Gasteiger partial charge in [0.1, 0.15) is 0 Å². The van der Waals surface area contributed by atoms with Crippen molar-refractivity contribution in [3.63, 3.8) is 0 Å². The summed E-state index contributed by atoms with van der Waals surface area (Å²) in [6.07, 6.45) is 7.58. The van der Waals surface area contributed by atoms with Crippen molar-refractivity contribution in [3.05, 3.63) is 87.0 Å². The Hall–Kier alpha value is -3.32. The Morgan fingerprint density at radius 2 is 1.78 bits per heavy atom. The fourth-order valence-corrected chi connectivity index (χ4v) is 5.64. The molecule has 7 nitrogen and oxygen atoms in total. The van der Waals surface area contributed by atoms with Crippen LogP contribution in [0, 0.1) is 6.92 Å². The molecule has 2 aromatic heterocycles. The summed E-state index contributed by atoms with van der Waals surface area (Å²) in [6.45, 7) is 7.71. The third kappa shape index (κ3) is 5.67. The topological polar surface area (TPSA) is 79.7 Å². The molecule has 1 atom stereocenters. The number of benzene rings is 2. The van der Waals surface area contributed by atoms with Gasteiger partial charge >= 0.3 is 0 Å². The van der Waals surface area contributed by atoms with Crippen LogP contribution in [0.2, 0.25) is 0 Å². The highest BCUT2D eigenvalue weighted by Gasteiger charge is 2.30. The van der Waals surface area contributed by atoms with Gasteiger partial charge in [0.2, 0.25) is 0 Å². The van der Waals surface area contributed by atoms with E-state index < -0.39 is 0 Å². The lowest BCUT2D eigenvalue weighted by Crippen LogP contribution is -2.33. The first-order valence-electron chi connectivity index (χ1n) is 13.8. The summed E-state index contributed by atoms with van der Waals surface area (Å²) < 4.78 is 2.08. The van der Waals surface area contributed by atoms with E-state index in [1.54, 1.807) is 0 Å². The minimum absolute atomic E-state index is 0.0129. The van der Waals surface area contributed by atoms with Gasteiger partial charge in [-0.05, 0) is 77.7 Å². The number of tetrazole rings is 1. The normalized spacial score (nSPS) is 15.1. The summed E-state index contributed by atoms with van der Waals surface area (Å²) in [5, 5.41) is 14.2. The van der Waals surface area contributed by atoms with E-state index in [1.807, 2.05) is 6.07 Å². The van der Waals surface area contributed by atoms with Gasteiger partial charge in [-0.25, -0.2) is 4.68 Å². The number of nitrogens with zero attached hydrogens (tertiary/aromatic N) is 5. The molecule has 1 saturated carbocycles. The van der Waals surface area contributed by atoms with Crippen molar-refractivity contribution in [1.82, 2.24) is 30.1 Å². The fraction of sp³-hybridized carbons (Fsp3) is 0.467. The lowest BCUT2D eigenvalue weighted by atomic mass is 10.0. The van der Waals surface area contributed by atoms with Crippen LogP contribution in [-0.4, -0.2) is 30.1 Å². The molecule has 37 heavy (non-hydrogen) atoms. The zero-order chi connectivity index (χ0) is 25.8. The van der Waals surface area contributed by atoms with Crippen LogP contribution in [-0.2, 0) is 19.5 Å². The van der Waals surface area contributed by atoms with Crippen molar-refractivity contribution in [3.8, 4) is 0 Å². The van der Waals surface area contributed by atoms with Gasteiger partial charge in [0, 0.05) is 24.2 Å². The molecule has 0 radical (unpaired) electrons. The molecule has 0 bridgehead atoms. The number of aromatic amines is 1. The van der Waals surface area contributed by atoms with Crippen molar-refractivity contribution < 1.29 is 0 Å². The number of nitrogens with one attached hydrogen (secondary N) is 1. The Balaban J connectivity index is 1.55. The first-order valence-corrected chi connectivity index (χ1v) is 13.8. The van der Waals surface area contributed by atoms with E-state index in [2.05, 4.69) is 93.3 Å². The van der Waals surface area contributed by atoms with Gasteiger partial charge in [-0.2, -0.15) is 0 Å². The Morgan fingerprint density at radius 3 is 2.51 bits per heavy atom. The molecule has 2 heterocycles. The minimum atomic E-state index is -0.0312. The second-order valence-corrected chi connectivity index (χ2v) is 10.5. The van der Waals surface area contributed by atoms with Crippen molar-refractivity contribution in [2.75, 3.05) is 0 Å². The second kappa shape index (κ2) is 11.4. The number of aryl methyl sites for hydroxylation is 2. The van der Waals surface area contributed by atoms with Crippen LogP contribution >= 0.6 is 0 Å². The molecule has 0 amide bonds. The number of hydrogen-bond acceptors (Lipinski definition) is 5. The van der Waals surface area contributed by atoms with Gasteiger partial charge in [-0.1, -0.05) is 69.0 Å². The molecule has 2 aromatic carbocycles. The number of pyridine rings is 1. The largest absolute Gasteiger partial charge is 0.322 e. The number of aromatic nitrogens is 5. The zero-order valence-corrected chi connectivity index (χ0v) is 22.3. The molecule has 194 valence electrons. The van der Waals surface area contributed by atoms with Crippen LogP contribution in [0.15, 0.2) is 53.3 Å². The second-order valence-electron chi connectivity index (χ2n) is 10.5. The van der Waals surface area contributed by atoms with E-state index in [0.29, 0.717) is 12.6 Å². The quantitative estimate of drug-likeness (QED) is 0.288. The Labute approximate surface area is 218 Å². The number of fused-ring (bicyclic) bond motifs is 1. The summed E-state index contributed by atoms with van der Waals surface area (Å²) in [5.74, 6) is 0.923. The zero-order valence-electron chi connectivity index (χ0n) is 22.3. The predicted octanol–water partition coefficient (Wildman–Crippen LogP) is 6.04. The summed E-state index contributed by atoms with van der Waals surface area (Å²) in [6, 6.07) is 17.4. The highest BCUT2D eigenvalue weighted by molar-refractivity contribution is 5.79. The summed E-state index contributed by atoms with van der Waals surface area (Å²) in [7, 11) is 0. The van der Waals surface area contributed by atoms with E-state index in [0.717, 1.165) is 60.9 Å². The molecule has 5 rings (SSSR count). The van der Waals surface area contributed by atoms with E-state index >= 15 is 0 Å². The number of rotatable bonds is 10. The molecule has 1 aliphatic rings. The lowest BCUT2D eigenvalue weighted by Gasteiger charge is -2.31. The van der Waals surface area contributed by atoms with Crippen molar-refractivity contribution in [2.24, 2.45) is 0 Å². The maximum Gasteiger partial charge on any atom is 0.252 e. The maximum absolute atomic E-state index is 13.2. The Morgan fingerprint density at radius 1 is 1.03 bits per heavy atom.